The molecule has 0 saturated carbocycles. The Morgan fingerprint density at radius 3 is 2.59 bits per heavy atom. The maximum absolute atomic E-state index is 13.0. The monoisotopic (exact) mass is 448 g/mol. The highest BCUT2D eigenvalue weighted by Gasteiger charge is 2.31. The van der Waals surface area contributed by atoms with E-state index in [-0.39, 0.29) is 37.0 Å². The number of carbonyl (C=O) groups excluding carboxylic acids is 3. The zero-order valence-corrected chi connectivity index (χ0v) is 17.6. The number of para-hydroxylation sites is 2. The van der Waals surface area contributed by atoms with Gasteiger partial charge >= 0.3 is 6.18 Å². The van der Waals surface area contributed by atoms with Crippen LogP contribution in [-0.2, 0) is 20.6 Å². The molecule has 32 heavy (non-hydrogen) atoms. The normalized spacial score (nSPS) is 16.2. The van der Waals surface area contributed by atoms with E-state index in [2.05, 4.69) is 10.6 Å². The summed E-state index contributed by atoms with van der Waals surface area (Å²) in [6.07, 6.45) is -4.39. The predicted octanol–water partition coefficient (Wildman–Crippen LogP) is 3.34. The molecule has 2 aromatic carbocycles. The number of alkyl halides is 3. The Kier molecular flexibility index (Phi) is 6.83. The Hall–Kier alpha value is -3.40. The van der Waals surface area contributed by atoms with E-state index in [1.165, 1.54) is 21.9 Å². The van der Waals surface area contributed by atoms with Gasteiger partial charge in [0, 0.05) is 18.2 Å². The highest BCUT2D eigenvalue weighted by molar-refractivity contribution is 6.05. The van der Waals surface area contributed by atoms with Crippen LogP contribution in [0.5, 0.6) is 0 Å². The lowest BCUT2D eigenvalue weighted by atomic mass is 10.1. The highest BCUT2D eigenvalue weighted by atomic mass is 19.4. The van der Waals surface area contributed by atoms with Gasteiger partial charge in [-0.25, -0.2) is 0 Å². The molecule has 0 spiro atoms. The lowest BCUT2D eigenvalue weighted by Crippen LogP contribution is -2.45. The van der Waals surface area contributed by atoms with Crippen LogP contribution in [0, 0.1) is 0 Å². The second-order valence-corrected chi connectivity index (χ2v) is 7.68. The summed E-state index contributed by atoms with van der Waals surface area (Å²) in [4.78, 5) is 40.4. The molecular weight excluding hydrogens is 425 g/mol. The Balaban J connectivity index is 1.65. The van der Waals surface area contributed by atoms with E-state index >= 15 is 0 Å². The molecule has 2 aromatic rings. The van der Waals surface area contributed by atoms with Gasteiger partial charge in [0.05, 0.1) is 30.0 Å². The fraction of sp³-hybridized carbons (Fsp3) is 0.318. The van der Waals surface area contributed by atoms with Crippen LogP contribution in [-0.4, -0.2) is 48.8 Å². The summed E-state index contributed by atoms with van der Waals surface area (Å²) in [5.41, 5.74) is 0.248. The minimum Gasteiger partial charge on any atom is -0.325 e. The van der Waals surface area contributed by atoms with Crippen molar-refractivity contribution in [2.75, 3.05) is 35.7 Å². The number of hydrogen-bond donors (Lipinski definition) is 2. The van der Waals surface area contributed by atoms with Gasteiger partial charge in [-0.2, -0.15) is 13.2 Å². The fourth-order valence-electron chi connectivity index (χ4n) is 3.55. The van der Waals surface area contributed by atoms with Crippen LogP contribution in [0.2, 0.25) is 0 Å². The van der Waals surface area contributed by atoms with E-state index in [4.69, 9.17) is 0 Å². The molecule has 0 unspecified atom stereocenters. The molecule has 170 valence electrons. The first-order chi connectivity index (χ1) is 15.0. The van der Waals surface area contributed by atoms with Crippen molar-refractivity contribution in [1.29, 1.82) is 0 Å². The summed E-state index contributed by atoms with van der Waals surface area (Å²) in [6.45, 7) is 1.44. The third-order valence-corrected chi connectivity index (χ3v) is 4.92. The van der Waals surface area contributed by atoms with Gasteiger partial charge in [0.25, 0.3) is 0 Å². The molecule has 1 aliphatic heterocycles. The summed E-state index contributed by atoms with van der Waals surface area (Å²) in [5, 5.41) is 5.19. The number of nitrogens with zero attached hydrogens (tertiary/aromatic N) is 2. The second kappa shape index (κ2) is 9.39. The zero-order chi connectivity index (χ0) is 23.5. The predicted molar refractivity (Wildman–Crippen MR) is 114 cm³/mol. The van der Waals surface area contributed by atoms with Crippen LogP contribution >= 0.6 is 0 Å². The maximum Gasteiger partial charge on any atom is 0.416 e. The SMILES string of the molecule is C[C@@H]1CC(=O)Nc2ccccc2N1C(=O)CN(C)CC(=O)Nc1cccc(C(F)(F)F)c1. The molecule has 0 fully saturated rings. The molecular formula is C22H23F3N4O3. The van der Waals surface area contributed by atoms with Crippen molar-refractivity contribution in [1.82, 2.24) is 4.90 Å². The molecule has 1 heterocycles. The van der Waals surface area contributed by atoms with Crippen LogP contribution < -0.4 is 15.5 Å². The van der Waals surface area contributed by atoms with Crippen molar-refractivity contribution in [3.63, 3.8) is 0 Å². The first-order valence-corrected chi connectivity index (χ1v) is 9.91. The van der Waals surface area contributed by atoms with Crippen molar-refractivity contribution in [3.8, 4) is 0 Å². The van der Waals surface area contributed by atoms with Gasteiger partial charge in [0.15, 0.2) is 0 Å². The number of halogens is 3. The van der Waals surface area contributed by atoms with Gasteiger partial charge in [-0.15, -0.1) is 0 Å². The standard InChI is InChI=1S/C22H23F3N4O3/c1-14-10-19(30)27-17-8-3-4-9-18(17)29(14)21(32)13-28(2)12-20(31)26-16-7-5-6-15(11-16)22(23,24)25/h3-9,11,14H,10,12-13H2,1-2H3,(H,26,31)(H,27,30)/t14-/m1/s1. The first-order valence-electron chi connectivity index (χ1n) is 9.91. The van der Waals surface area contributed by atoms with E-state index in [0.29, 0.717) is 11.4 Å². The zero-order valence-electron chi connectivity index (χ0n) is 17.6. The Morgan fingerprint density at radius 1 is 1.16 bits per heavy atom. The summed E-state index contributed by atoms with van der Waals surface area (Å²) in [5.74, 6) is -1.06. The lowest BCUT2D eigenvalue weighted by Gasteiger charge is -2.29. The van der Waals surface area contributed by atoms with E-state index in [1.54, 1.807) is 38.2 Å². The van der Waals surface area contributed by atoms with Crippen molar-refractivity contribution >= 4 is 34.8 Å². The van der Waals surface area contributed by atoms with Crippen molar-refractivity contribution < 1.29 is 27.6 Å². The lowest BCUT2D eigenvalue weighted by molar-refractivity contribution is -0.137. The van der Waals surface area contributed by atoms with Crippen LogP contribution in [0.3, 0.4) is 0 Å². The third-order valence-electron chi connectivity index (χ3n) is 4.92. The van der Waals surface area contributed by atoms with E-state index in [9.17, 15) is 27.6 Å². The first kappa shape index (κ1) is 23.3. The molecule has 3 amide bonds. The average molecular weight is 448 g/mol. The molecule has 10 heteroatoms. The average Bonchev–Trinajstić information content (AvgIpc) is 2.81. The number of anilines is 3. The van der Waals surface area contributed by atoms with Crippen LogP contribution in [0.1, 0.15) is 18.9 Å². The Bertz CT molecular complexity index is 1030. The number of fused-ring (bicyclic) bond motifs is 1. The molecule has 0 bridgehead atoms. The van der Waals surface area contributed by atoms with E-state index < -0.39 is 23.7 Å². The third kappa shape index (κ3) is 5.64. The topological polar surface area (TPSA) is 81.8 Å². The molecule has 0 saturated heterocycles. The van der Waals surface area contributed by atoms with Gasteiger partial charge in [0.2, 0.25) is 17.7 Å². The molecule has 0 radical (unpaired) electrons. The number of amides is 3. The number of carbonyl (C=O) groups is 3. The smallest absolute Gasteiger partial charge is 0.325 e. The van der Waals surface area contributed by atoms with E-state index in [1.807, 2.05) is 0 Å². The summed E-state index contributed by atoms with van der Waals surface area (Å²) >= 11 is 0. The molecule has 0 aliphatic carbocycles. The fourth-order valence-corrected chi connectivity index (χ4v) is 3.55. The van der Waals surface area contributed by atoms with Crippen LogP contribution in [0.25, 0.3) is 0 Å². The molecule has 1 aliphatic rings. The molecule has 7 nitrogen and oxygen atoms in total. The van der Waals surface area contributed by atoms with Crippen LogP contribution in [0.15, 0.2) is 48.5 Å². The van der Waals surface area contributed by atoms with Gasteiger partial charge in [-0.3, -0.25) is 19.3 Å². The molecule has 2 N–H and O–H groups in total. The summed E-state index contributed by atoms with van der Waals surface area (Å²) in [7, 11) is 1.56. The largest absolute Gasteiger partial charge is 0.416 e. The van der Waals surface area contributed by atoms with Gasteiger partial charge in [0.1, 0.15) is 0 Å². The Morgan fingerprint density at radius 2 is 1.88 bits per heavy atom. The minimum absolute atomic E-state index is 0.0178. The number of nitrogens with one attached hydrogen (secondary N) is 2. The van der Waals surface area contributed by atoms with Crippen molar-refractivity contribution in [2.24, 2.45) is 0 Å². The van der Waals surface area contributed by atoms with Gasteiger partial charge < -0.3 is 15.5 Å². The van der Waals surface area contributed by atoms with Crippen LogP contribution in [0.4, 0.5) is 30.2 Å². The number of likely N-dealkylation sites (N-methyl/N-ethyl adjacent to an activating group) is 1. The highest BCUT2D eigenvalue weighted by Crippen LogP contribution is 2.32. The molecule has 0 aromatic heterocycles. The molecule has 3 rings (SSSR count). The maximum atomic E-state index is 13.0. The molecule has 1 atom stereocenters. The number of hydrogen-bond acceptors (Lipinski definition) is 4. The van der Waals surface area contributed by atoms with Crippen molar-refractivity contribution in [3.05, 3.63) is 54.1 Å². The second-order valence-electron chi connectivity index (χ2n) is 7.68. The minimum atomic E-state index is -4.51. The van der Waals surface area contributed by atoms with Crippen molar-refractivity contribution in [2.45, 2.75) is 25.6 Å². The summed E-state index contributed by atoms with van der Waals surface area (Å²) < 4.78 is 38.5. The van der Waals surface area contributed by atoms with Gasteiger partial charge in [-0.05, 0) is 44.3 Å². The quantitative estimate of drug-likeness (QED) is 0.735. The van der Waals surface area contributed by atoms with E-state index in [0.717, 1.165) is 12.1 Å². The Labute approximate surface area is 183 Å². The number of rotatable bonds is 5. The summed E-state index contributed by atoms with van der Waals surface area (Å²) in [6, 6.07) is 10.9. The van der Waals surface area contributed by atoms with Gasteiger partial charge in [-0.1, -0.05) is 18.2 Å². The number of benzene rings is 2.